The van der Waals surface area contributed by atoms with Crippen molar-refractivity contribution in [1.82, 2.24) is 5.32 Å². The highest BCUT2D eigenvalue weighted by molar-refractivity contribution is 5.14. The Morgan fingerprint density at radius 2 is 2.07 bits per heavy atom. The lowest BCUT2D eigenvalue weighted by Gasteiger charge is -2.24. The Morgan fingerprint density at radius 1 is 1.33 bits per heavy atom. The van der Waals surface area contributed by atoms with Crippen LogP contribution in [0.5, 0.6) is 0 Å². The van der Waals surface area contributed by atoms with Crippen molar-refractivity contribution in [3.05, 3.63) is 23.9 Å². The SMILES string of the molecule is CN/C(=C/C=C/CCN)C1CCCCC1. The molecule has 1 aliphatic rings. The summed E-state index contributed by atoms with van der Waals surface area (Å²) in [5, 5.41) is 3.33. The first-order chi connectivity index (χ1) is 7.38. The van der Waals surface area contributed by atoms with Crippen molar-refractivity contribution in [1.29, 1.82) is 0 Å². The van der Waals surface area contributed by atoms with Gasteiger partial charge in [0.05, 0.1) is 0 Å². The number of nitrogens with one attached hydrogen (secondary N) is 1. The van der Waals surface area contributed by atoms with Gasteiger partial charge in [-0.05, 0) is 37.8 Å². The van der Waals surface area contributed by atoms with E-state index in [1.165, 1.54) is 37.8 Å². The van der Waals surface area contributed by atoms with E-state index in [4.69, 9.17) is 5.73 Å². The van der Waals surface area contributed by atoms with Gasteiger partial charge >= 0.3 is 0 Å². The maximum atomic E-state index is 5.43. The second-order valence-electron chi connectivity index (χ2n) is 4.21. The van der Waals surface area contributed by atoms with Gasteiger partial charge in [0.1, 0.15) is 0 Å². The number of hydrogen-bond acceptors (Lipinski definition) is 2. The molecule has 0 saturated heterocycles. The molecule has 2 nitrogen and oxygen atoms in total. The van der Waals surface area contributed by atoms with Gasteiger partial charge in [0.2, 0.25) is 0 Å². The molecule has 1 fully saturated rings. The van der Waals surface area contributed by atoms with Crippen LogP contribution in [0.1, 0.15) is 38.5 Å². The minimum Gasteiger partial charge on any atom is -0.391 e. The first-order valence-electron chi connectivity index (χ1n) is 6.13. The normalized spacial score (nSPS) is 19.7. The summed E-state index contributed by atoms with van der Waals surface area (Å²) < 4.78 is 0. The molecule has 0 heterocycles. The summed E-state index contributed by atoms with van der Waals surface area (Å²) in [6, 6.07) is 0. The van der Waals surface area contributed by atoms with E-state index in [0.717, 1.165) is 18.9 Å². The second-order valence-corrected chi connectivity index (χ2v) is 4.21. The van der Waals surface area contributed by atoms with Gasteiger partial charge in [-0.25, -0.2) is 0 Å². The fourth-order valence-electron chi connectivity index (χ4n) is 2.20. The van der Waals surface area contributed by atoms with E-state index >= 15 is 0 Å². The Bertz CT molecular complexity index is 213. The molecule has 0 radical (unpaired) electrons. The minimum atomic E-state index is 0.739. The molecule has 0 aliphatic heterocycles. The Kier molecular flexibility index (Phi) is 6.17. The average Bonchev–Trinajstić information content (AvgIpc) is 2.30. The molecule has 0 aromatic heterocycles. The van der Waals surface area contributed by atoms with E-state index in [0.29, 0.717) is 0 Å². The fourth-order valence-corrected chi connectivity index (χ4v) is 2.20. The van der Waals surface area contributed by atoms with E-state index in [-0.39, 0.29) is 0 Å². The van der Waals surface area contributed by atoms with Crippen LogP contribution in [0.15, 0.2) is 23.9 Å². The number of nitrogens with two attached hydrogens (primary N) is 1. The van der Waals surface area contributed by atoms with Crippen LogP contribution in [0.3, 0.4) is 0 Å². The molecule has 1 saturated carbocycles. The quantitative estimate of drug-likeness (QED) is 0.681. The summed E-state index contributed by atoms with van der Waals surface area (Å²) in [7, 11) is 2.03. The maximum Gasteiger partial charge on any atom is 0.0135 e. The molecular formula is C13H24N2. The molecule has 1 rings (SSSR count). The molecular weight excluding hydrogens is 184 g/mol. The van der Waals surface area contributed by atoms with Crippen LogP contribution < -0.4 is 11.1 Å². The zero-order valence-electron chi connectivity index (χ0n) is 9.84. The van der Waals surface area contributed by atoms with Gasteiger partial charge in [-0.3, -0.25) is 0 Å². The Balaban J connectivity index is 2.45. The van der Waals surface area contributed by atoms with Crippen LogP contribution in [0.4, 0.5) is 0 Å². The summed E-state index contributed by atoms with van der Waals surface area (Å²) in [5.41, 5.74) is 6.82. The Morgan fingerprint density at radius 3 is 2.67 bits per heavy atom. The lowest BCUT2D eigenvalue weighted by molar-refractivity contribution is 0.390. The predicted molar refractivity (Wildman–Crippen MR) is 66.5 cm³/mol. The molecule has 3 N–H and O–H groups in total. The number of hydrogen-bond donors (Lipinski definition) is 2. The fraction of sp³-hybridized carbons (Fsp3) is 0.692. The van der Waals surface area contributed by atoms with E-state index in [1.807, 2.05) is 7.05 Å². The smallest absolute Gasteiger partial charge is 0.0135 e. The third kappa shape index (κ3) is 4.52. The van der Waals surface area contributed by atoms with Crippen molar-refractivity contribution < 1.29 is 0 Å². The van der Waals surface area contributed by atoms with Gasteiger partial charge < -0.3 is 11.1 Å². The van der Waals surface area contributed by atoms with Crippen molar-refractivity contribution in [2.45, 2.75) is 38.5 Å². The minimum absolute atomic E-state index is 0.739. The van der Waals surface area contributed by atoms with Gasteiger partial charge in [-0.1, -0.05) is 31.4 Å². The molecule has 0 unspecified atom stereocenters. The van der Waals surface area contributed by atoms with Gasteiger partial charge in [-0.2, -0.15) is 0 Å². The van der Waals surface area contributed by atoms with Crippen molar-refractivity contribution in [2.24, 2.45) is 11.7 Å². The van der Waals surface area contributed by atoms with Crippen molar-refractivity contribution in [3.8, 4) is 0 Å². The Hall–Kier alpha value is -0.760. The van der Waals surface area contributed by atoms with E-state index in [2.05, 4.69) is 23.5 Å². The molecule has 0 amide bonds. The van der Waals surface area contributed by atoms with E-state index < -0.39 is 0 Å². The summed E-state index contributed by atoms with van der Waals surface area (Å²) in [6.45, 7) is 0.739. The first kappa shape index (κ1) is 12.3. The first-order valence-corrected chi connectivity index (χ1v) is 6.13. The third-order valence-electron chi connectivity index (χ3n) is 3.08. The zero-order valence-corrected chi connectivity index (χ0v) is 9.84. The van der Waals surface area contributed by atoms with Crippen LogP contribution in [0.2, 0.25) is 0 Å². The Labute approximate surface area is 93.6 Å². The molecule has 0 spiro atoms. The topological polar surface area (TPSA) is 38.0 Å². The number of rotatable bonds is 5. The second kappa shape index (κ2) is 7.52. The van der Waals surface area contributed by atoms with Crippen molar-refractivity contribution in [2.75, 3.05) is 13.6 Å². The average molecular weight is 208 g/mol. The van der Waals surface area contributed by atoms with Crippen molar-refractivity contribution >= 4 is 0 Å². The summed E-state index contributed by atoms with van der Waals surface area (Å²) in [5.74, 6) is 0.756. The largest absolute Gasteiger partial charge is 0.391 e. The summed E-state index contributed by atoms with van der Waals surface area (Å²) in [4.78, 5) is 0. The monoisotopic (exact) mass is 208 g/mol. The maximum absolute atomic E-state index is 5.43. The molecule has 2 heteroatoms. The molecule has 0 bridgehead atoms. The molecule has 86 valence electrons. The van der Waals surface area contributed by atoms with Crippen LogP contribution >= 0.6 is 0 Å². The molecule has 0 aromatic rings. The molecule has 1 aliphatic carbocycles. The number of allylic oxidation sites excluding steroid dienone is 3. The van der Waals surface area contributed by atoms with Crippen molar-refractivity contribution in [3.63, 3.8) is 0 Å². The van der Waals surface area contributed by atoms with Gasteiger partial charge in [-0.15, -0.1) is 0 Å². The third-order valence-corrected chi connectivity index (χ3v) is 3.08. The molecule has 15 heavy (non-hydrogen) atoms. The lowest BCUT2D eigenvalue weighted by atomic mass is 9.86. The van der Waals surface area contributed by atoms with Gasteiger partial charge in [0, 0.05) is 12.7 Å². The summed E-state index contributed by atoms with van der Waals surface area (Å²) in [6.07, 6.45) is 14.3. The van der Waals surface area contributed by atoms with Crippen LogP contribution in [0.25, 0.3) is 0 Å². The predicted octanol–water partition coefficient (Wildman–Crippen LogP) is 2.58. The lowest BCUT2D eigenvalue weighted by Crippen LogP contribution is -2.18. The van der Waals surface area contributed by atoms with Crippen LogP contribution in [-0.4, -0.2) is 13.6 Å². The summed E-state index contributed by atoms with van der Waals surface area (Å²) >= 11 is 0. The van der Waals surface area contributed by atoms with E-state index in [9.17, 15) is 0 Å². The van der Waals surface area contributed by atoms with Crippen LogP contribution in [-0.2, 0) is 0 Å². The highest BCUT2D eigenvalue weighted by atomic mass is 14.8. The highest BCUT2D eigenvalue weighted by Gasteiger charge is 2.15. The van der Waals surface area contributed by atoms with Crippen LogP contribution in [0, 0.1) is 5.92 Å². The molecule has 0 aromatic carbocycles. The molecule has 0 atom stereocenters. The van der Waals surface area contributed by atoms with E-state index in [1.54, 1.807) is 0 Å². The highest BCUT2D eigenvalue weighted by Crippen LogP contribution is 2.28. The van der Waals surface area contributed by atoms with Gasteiger partial charge in [0.25, 0.3) is 0 Å². The zero-order chi connectivity index (χ0) is 10.9. The van der Waals surface area contributed by atoms with Gasteiger partial charge in [0.15, 0.2) is 0 Å². The standard InChI is InChI=1S/C13H24N2/c1-15-13(10-6-3-7-11-14)12-8-4-2-5-9-12/h3,6,10,12,15H,2,4-5,7-9,11,14H2,1H3/b6-3+,13-10+.